The number of thiazole rings is 1. The molecular formula is C22H27N5O3S. The predicted molar refractivity (Wildman–Crippen MR) is 121 cm³/mol. The molecule has 3 aromatic rings. The number of hydrogen-bond acceptors (Lipinski definition) is 9. The fourth-order valence-corrected chi connectivity index (χ4v) is 5.63. The van der Waals surface area contributed by atoms with E-state index < -0.39 is 17.4 Å². The lowest BCUT2D eigenvalue weighted by atomic mass is 10.0. The van der Waals surface area contributed by atoms with Gasteiger partial charge in [-0.3, -0.25) is 0 Å². The van der Waals surface area contributed by atoms with E-state index in [0.717, 1.165) is 15.2 Å². The molecule has 2 aliphatic rings. The van der Waals surface area contributed by atoms with Crippen LogP contribution in [0.4, 0.5) is 11.8 Å². The molecular weight excluding hydrogens is 414 g/mol. The highest BCUT2D eigenvalue weighted by molar-refractivity contribution is 7.21. The van der Waals surface area contributed by atoms with Crippen LogP contribution in [0.15, 0.2) is 24.3 Å². The van der Waals surface area contributed by atoms with Crippen LogP contribution in [-0.4, -0.2) is 53.2 Å². The molecule has 2 fully saturated rings. The Kier molecular flexibility index (Phi) is 4.37. The normalized spacial score (nSPS) is 29.8. The Balaban J connectivity index is 1.63. The second kappa shape index (κ2) is 6.59. The van der Waals surface area contributed by atoms with E-state index in [1.807, 2.05) is 52.0 Å². The number of nitrogens with zero attached hydrogens (tertiary/aromatic N) is 3. The highest BCUT2D eigenvalue weighted by Crippen LogP contribution is 2.61. The van der Waals surface area contributed by atoms with Crippen LogP contribution in [0.1, 0.15) is 39.3 Å². The standard InChI is InChI=1S/C22H27N5O3S/c1-11-15(18-24-13-7-5-6-8-14(13)31-18)17(25-19(23-11)27-20(2,3)4)26-21(29)10-9-12-16(28)22(12,21)30/h5-8,12,16,28-30H,9-10H2,1-4H3,(H2,23,25,26,27). The fraction of sp³-hybridized carbons (Fsp3) is 0.500. The number of aliphatic hydroxyl groups is 3. The SMILES string of the molecule is Cc1nc(NC(C)(C)C)nc(NC2(O)CCC3C(O)C32O)c1-c1nc2ccccc2s1. The summed E-state index contributed by atoms with van der Waals surface area (Å²) in [5, 5.41) is 39.4. The van der Waals surface area contributed by atoms with E-state index >= 15 is 0 Å². The van der Waals surface area contributed by atoms with Crippen LogP contribution < -0.4 is 10.6 Å². The lowest BCUT2D eigenvalue weighted by molar-refractivity contribution is -0.0851. The first-order valence-corrected chi connectivity index (χ1v) is 11.3. The summed E-state index contributed by atoms with van der Waals surface area (Å²) in [6.45, 7) is 7.92. The highest BCUT2D eigenvalue weighted by atomic mass is 32.1. The first-order chi connectivity index (χ1) is 14.5. The van der Waals surface area contributed by atoms with Crippen molar-refractivity contribution in [1.82, 2.24) is 15.0 Å². The van der Waals surface area contributed by atoms with Gasteiger partial charge in [0.1, 0.15) is 16.4 Å². The van der Waals surface area contributed by atoms with Crippen molar-refractivity contribution in [3.05, 3.63) is 30.0 Å². The summed E-state index contributed by atoms with van der Waals surface area (Å²) in [7, 11) is 0. The Morgan fingerprint density at radius 2 is 1.87 bits per heavy atom. The van der Waals surface area contributed by atoms with E-state index in [1.165, 1.54) is 11.3 Å². The van der Waals surface area contributed by atoms with Gasteiger partial charge in [-0.25, -0.2) is 9.97 Å². The molecule has 9 heteroatoms. The minimum atomic E-state index is -1.68. The third kappa shape index (κ3) is 3.18. The molecule has 8 nitrogen and oxygen atoms in total. The molecule has 4 unspecified atom stereocenters. The van der Waals surface area contributed by atoms with Gasteiger partial charge in [0, 0.05) is 11.5 Å². The Bertz CT molecular complexity index is 1140. The van der Waals surface area contributed by atoms with Crippen molar-refractivity contribution in [2.75, 3.05) is 10.6 Å². The molecule has 0 spiro atoms. The van der Waals surface area contributed by atoms with Gasteiger partial charge >= 0.3 is 0 Å². The van der Waals surface area contributed by atoms with Crippen LogP contribution in [0.25, 0.3) is 20.8 Å². The van der Waals surface area contributed by atoms with Crippen molar-refractivity contribution in [2.24, 2.45) is 5.92 Å². The maximum atomic E-state index is 11.3. The van der Waals surface area contributed by atoms with Crippen molar-refractivity contribution < 1.29 is 15.3 Å². The zero-order valence-electron chi connectivity index (χ0n) is 18.0. The van der Waals surface area contributed by atoms with Crippen molar-refractivity contribution in [2.45, 2.75) is 63.5 Å². The Labute approximate surface area is 184 Å². The number of aliphatic hydroxyl groups excluding tert-OH is 1. The van der Waals surface area contributed by atoms with Gasteiger partial charge < -0.3 is 26.0 Å². The number of nitrogens with one attached hydrogen (secondary N) is 2. The van der Waals surface area contributed by atoms with E-state index in [4.69, 9.17) is 4.98 Å². The van der Waals surface area contributed by atoms with Crippen molar-refractivity contribution >= 4 is 33.3 Å². The molecule has 0 saturated heterocycles. The average molecular weight is 442 g/mol. The maximum Gasteiger partial charge on any atom is 0.225 e. The van der Waals surface area contributed by atoms with Crippen LogP contribution in [0.5, 0.6) is 0 Å². The number of rotatable bonds is 4. The number of anilines is 2. The lowest BCUT2D eigenvalue weighted by Crippen LogP contribution is -2.51. The van der Waals surface area contributed by atoms with Gasteiger partial charge in [0.25, 0.3) is 0 Å². The summed E-state index contributed by atoms with van der Waals surface area (Å²) in [4.78, 5) is 14.1. The molecule has 0 bridgehead atoms. The number of benzene rings is 1. The Morgan fingerprint density at radius 1 is 1.13 bits per heavy atom. The molecule has 31 heavy (non-hydrogen) atoms. The zero-order valence-corrected chi connectivity index (χ0v) is 18.8. The zero-order chi connectivity index (χ0) is 22.2. The molecule has 5 N–H and O–H groups in total. The van der Waals surface area contributed by atoms with E-state index in [-0.39, 0.29) is 11.5 Å². The van der Waals surface area contributed by atoms with Crippen molar-refractivity contribution in [3.63, 3.8) is 0 Å². The predicted octanol–water partition coefficient (Wildman–Crippen LogP) is 2.89. The summed E-state index contributed by atoms with van der Waals surface area (Å²) in [5.41, 5.74) is -1.26. The van der Waals surface area contributed by atoms with Crippen molar-refractivity contribution in [1.29, 1.82) is 0 Å². The van der Waals surface area contributed by atoms with Gasteiger partial charge in [-0.1, -0.05) is 12.1 Å². The highest BCUT2D eigenvalue weighted by Gasteiger charge is 2.78. The molecule has 0 aliphatic heterocycles. The number of hydrogen-bond donors (Lipinski definition) is 5. The average Bonchev–Trinajstić information content (AvgIpc) is 2.96. The number of fused-ring (bicyclic) bond motifs is 2. The van der Waals surface area contributed by atoms with Crippen LogP contribution in [0.3, 0.4) is 0 Å². The summed E-state index contributed by atoms with van der Waals surface area (Å²) < 4.78 is 1.04. The van der Waals surface area contributed by atoms with Gasteiger partial charge in [0.05, 0.1) is 27.6 Å². The number of aromatic nitrogens is 3. The second-order valence-electron chi connectivity index (χ2n) is 9.62. The van der Waals surface area contributed by atoms with Gasteiger partial charge in [-0.05, 0) is 52.7 Å². The van der Waals surface area contributed by atoms with Gasteiger partial charge in [-0.15, -0.1) is 11.3 Å². The van der Waals surface area contributed by atoms with Crippen LogP contribution in [0.2, 0.25) is 0 Å². The number of aryl methyl sites for hydroxylation is 1. The summed E-state index contributed by atoms with van der Waals surface area (Å²) in [5.74, 6) is 0.471. The van der Waals surface area contributed by atoms with Crippen LogP contribution >= 0.6 is 11.3 Å². The van der Waals surface area contributed by atoms with Gasteiger partial charge in [0.15, 0.2) is 5.72 Å². The molecule has 2 heterocycles. The van der Waals surface area contributed by atoms with Crippen LogP contribution in [0, 0.1) is 12.8 Å². The lowest BCUT2D eigenvalue weighted by Gasteiger charge is -2.33. The molecule has 5 rings (SSSR count). The van der Waals surface area contributed by atoms with Gasteiger partial charge in [0.2, 0.25) is 5.95 Å². The summed E-state index contributed by atoms with van der Waals surface area (Å²) in [6.07, 6.45) is -0.0931. The molecule has 2 aromatic heterocycles. The first-order valence-electron chi connectivity index (χ1n) is 10.5. The summed E-state index contributed by atoms with van der Waals surface area (Å²) in [6, 6.07) is 7.87. The second-order valence-corrected chi connectivity index (χ2v) is 10.6. The molecule has 0 amide bonds. The molecule has 0 radical (unpaired) electrons. The maximum absolute atomic E-state index is 11.3. The third-order valence-electron chi connectivity index (χ3n) is 6.18. The van der Waals surface area contributed by atoms with Gasteiger partial charge in [-0.2, -0.15) is 4.98 Å². The van der Waals surface area contributed by atoms with Crippen molar-refractivity contribution in [3.8, 4) is 10.6 Å². The third-order valence-corrected chi connectivity index (χ3v) is 7.23. The van der Waals surface area contributed by atoms with E-state index in [9.17, 15) is 15.3 Å². The molecule has 4 atom stereocenters. The topological polar surface area (TPSA) is 123 Å². The smallest absolute Gasteiger partial charge is 0.225 e. The molecule has 2 saturated carbocycles. The minimum absolute atomic E-state index is 0.263. The number of para-hydroxylation sites is 1. The monoisotopic (exact) mass is 441 g/mol. The van der Waals surface area contributed by atoms with Crippen LogP contribution in [-0.2, 0) is 0 Å². The molecule has 2 aliphatic carbocycles. The Hall–Kier alpha value is -2.33. The first kappa shape index (κ1) is 20.6. The quantitative estimate of drug-likeness (QED) is 0.392. The summed E-state index contributed by atoms with van der Waals surface area (Å²) >= 11 is 1.52. The Morgan fingerprint density at radius 3 is 2.52 bits per heavy atom. The molecule has 1 aromatic carbocycles. The fourth-order valence-electron chi connectivity index (χ4n) is 4.57. The molecule has 164 valence electrons. The minimum Gasteiger partial charge on any atom is -0.390 e. The van der Waals surface area contributed by atoms with E-state index in [2.05, 4.69) is 20.6 Å². The largest absolute Gasteiger partial charge is 0.390 e. The van der Waals surface area contributed by atoms with E-state index in [1.54, 1.807) is 0 Å². The van der Waals surface area contributed by atoms with E-state index in [0.29, 0.717) is 35.9 Å².